The van der Waals surface area contributed by atoms with E-state index in [9.17, 15) is 14.0 Å². The normalized spacial score (nSPS) is 13.7. The van der Waals surface area contributed by atoms with Gasteiger partial charge in [-0.1, -0.05) is 18.2 Å². The van der Waals surface area contributed by atoms with Crippen LogP contribution in [0, 0.1) is 5.82 Å². The minimum Gasteiger partial charge on any atom is -0.349 e. The monoisotopic (exact) mass is 324 g/mol. The third kappa shape index (κ3) is 4.52. The summed E-state index contributed by atoms with van der Waals surface area (Å²) in [4.78, 5) is 23.9. The van der Waals surface area contributed by atoms with Gasteiger partial charge in [0.1, 0.15) is 5.82 Å². The lowest BCUT2D eigenvalue weighted by atomic mass is 10.2. The maximum absolute atomic E-state index is 13.1. The van der Waals surface area contributed by atoms with Crippen LogP contribution in [0.25, 0.3) is 6.08 Å². The van der Waals surface area contributed by atoms with Crippen molar-refractivity contribution in [3.8, 4) is 0 Å². The zero-order valence-corrected chi connectivity index (χ0v) is 13.0. The van der Waals surface area contributed by atoms with E-state index in [0.29, 0.717) is 16.8 Å². The molecule has 3 rings (SSSR count). The van der Waals surface area contributed by atoms with Gasteiger partial charge in [0.25, 0.3) is 5.91 Å². The molecule has 0 aliphatic heterocycles. The molecule has 2 aromatic rings. The minimum atomic E-state index is -0.355. The Morgan fingerprint density at radius 3 is 2.62 bits per heavy atom. The highest BCUT2D eigenvalue weighted by Crippen LogP contribution is 2.20. The highest BCUT2D eigenvalue weighted by atomic mass is 19.1. The molecule has 0 heterocycles. The zero-order chi connectivity index (χ0) is 16.9. The largest absolute Gasteiger partial charge is 0.349 e. The predicted octanol–water partition coefficient (Wildman–Crippen LogP) is 3.37. The molecule has 2 aromatic carbocycles. The number of rotatable bonds is 5. The molecule has 1 aliphatic carbocycles. The topological polar surface area (TPSA) is 58.2 Å². The molecule has 4 nitrogen and oxygen atoms in total. The van der Waals surface area contributed by atoms with E-state index in [1.54, 1.807) is 36.4 Å². The van der Waals surface area contributed by atoms with Gasteiger partial charge in [-0.3, -0.25) is 9.59 Å². The number of nitrogens with one attached hydrogen (secondary N) is 2. The summed E-state index contributed by atoms with van der Waals surface area (Å²) in [5, 5.41) is 5.59. The summed E-state index contributed by atoms with van der Waals surface area (Å²) in [6, 6.07) is 13.0. The Morgan fingerprint density at radius 2 is 1.88 bits per heavy atom. The first-order valence-corrected chi connectivity index (χ1v) is 7.76. The summed E-state index contributed by atoms with van der Waals surface area (Å²) in [6.45, 7) is 0. The van der Waals surface area contributed by atoms with Crippen LogP contribution in [0.15, 0.2) is 54.6 Å². The molecule has 5 heteroatoms. The number of carbonyl (C=O) groups excluding carboxylic acids is 2. The molecule has 0 bridgehead atoms. The number of hydrogen-bond donors (Lipinski definition) is 2. The highest BCUT2D eigenvalue weighted by molar-refractivity contribution is 6.03. The van der Waals surface area contributed by atoms with Crippen molar-refractivity contribution < 1.29 is 14.0 Å². The number of benzene rings is 2. The van der Waals surface area contributed by atoms with Crippen molar-refractivity contribution in [3.63, 3.8) is 0 Å². The molecule has 0 unspecified atom stereocenters. The van der Waals surface area contributed by atoms with E-state index in [2.05, 4.69) is 10.6 Å². The molecule has 1 fully saturated rings. The fourth-order valence-corrected chi connectivity index (χ4v) is 2.20. The van der Waals surface area contributed by atoms with E-state index < -0.39 is 0 Å². The lowest BCUT2D eigenvalue weighted by Crippen LogP contribution is -2.25. The molecule has 0 spiro atoms. The Balaban J connectivity index is 1.62. The number of halogens is 1. The first kappa shape index (κ1) is 15.9. The van der Waals surface area contributed by atoms with Gasteiger partial charge >= 0.3 is 0 Å². The van der Waals surface area contributed by atoms with Crippen LogP contribution in [-0.2, 0) is 4.79 Å². The maximum atomic E-state index is 13.1. The van der Waals surface area contributed by atoms with Crippen LogP contribution in [-0.4, -0.2) is 17.9 Å². The summed E-state index contributed by atoms with van der Waals surface area (Å²) in [6.07, 6.45) is 4.90. The number of hydrogen-bond acceptors (Lipinski definition) is 2. The molecule has 0 aromatic heterocycles. The van der Waals surface area contributed by atoms with Crippen molar-refractivity contribution in [1.82, 2.24) is 5.32 Å². The zero-order valence-electron chi connectivity index (χ0n) is 13.0. The third-order valence-corrected chi connectivity index (χ3v) is 3.58. The van der Waals surface area contributed by atoms with Gasteiger partial charge in [0.15, 0.2) is 0 Å². The highest BCUT2D eigenvalue weighted by Gasteiger charge is 2.23. The van der Waals surface area contributed by atoms with Crippen molar-refractivity contribution in [2.24, 2.45) is 0 Å². The van der Waals surface area contributed by atoms with Gasteiger partial charge < -0.3 is 10.6 Å². The molecule has 0 radical (unpaired) electrons. The van der Waals surface area contributed by atoms with E-state index in [4.69, 9.17) is 0 Å². The average Bonchev–Trinajstić information content (AvgIpc) is 3.37. The van der Waals surface area contributed by atoms with Crippen LogP contribution in [0.5, 0.6) is 0 Å². The van der Waals surface area contributed by atoms with Crippen molar-refractivity contribution in [2.75, 3.05) is 5.32 Å². The van der Waals surface area contributed by atoms with E-state index in [1.165, 1.54) is 24.3 Å². The van der Waals surface area contributed by atoms with Crippen LogP contribution < -0.4 is 10.6 Å². The lowest BCUT2D eigenvalue weighted by molar-refractivity contribution is -0.111. The molecular weight excluding hydrogens is 307 g/mol. The second-order valence-electron chi connectivity index (χ2n) is 5.71. The van der Waals surface area contributed by atoms with E-state index in [0.717, 1.165) is 12.8 Å². The fourth-order valence-electron chi connectivity index (χ4n) is 2.20. The average molecular weight is 324 g/mol. The Kier molecular flexibility index (Phi) is 4.70. The molecule has 122 valence electrons. The van der Waals surface area contributed by atoms with Gasteiger partial charge in [-0.05, 0) is 54.8 Å². The second-order valence-corrected chi connectivity index (χ2v) is 5.71. The fraction of sp³-hybridized carbons (Fsp3) is 0.158. The molecule has 1 aliphatic rings. The Labute approximate surface area is 139 Å². The molecule has 1 saturated carbocycles. The Bertz CT molecular complexity index is 797. The SMILES string of the molecule is O=C(/C=C/c1cccc(F)c1)Nc1cccc(C(=O)NC2CC2)c1. The number of anilines is 1. The number of amides is 2. The van der Waals surface area contributed by atoms with Crippen LogP contribution in [0.3, 0.4) is 0 Å². The molecular formula is C19H17FN2O2. The van der Waals surface area contributed by atoms with Crippen LogP contribution >= 0.6 is 0 Å². The van der Waals surface area contributed by atoms with E-state index >= 15 is 0 Å². The van der Waals surface area contributed by atoms with Gasteiger partial charge in [-0.25, -0.2) is 4.39 Å². The first-order valence-electron chi connectivity index (χ1n) is 7.76. The molecule has 0 saturated heterocycles. The smallest absolute Gasteiger partial charge is 0.251 e. The van der Waals surface area contributed by atoms with Crippen LogP contribution in [0.2, 0.25) is 0 Å². The van der Waals surface area contributed by atoms with E-state index in [1.807, 2.05) is 0 Å². The Morgan fingerprint density at radius 1 is 1.08 bits per heavy atom. The summed E-state index contributed by atoms with van der Waals surface area (Å²) >= 11 is 0. The Hall–Kier alpha value is -2.95. The lowest BCUT2D eigenvalue weighted by Gasteiger charge is -2.06. The van der Waals surface area contributed by atoms with Crippen LogP contribution in [0.1, 0.15) is 28.8 Å². The minimum absolute atomic E-state index is 0.135. The molecule has 0 atom stereocenters. The van der Waals surface area contributed by atoms with Gasteiger partial charge in [-0.2, -0.15) is 0 Å². The first-order chi connectivity index (χ1) is 11.6. The summed E-state index contributed by atoms with van der Waals surface area (Å²) in [5.41, 5.74) is 1.64. The van der Waals surface area contributed by atoms with Gasteiger partial charge in [0.2, 0.25) is 5.91 Å². The molecule has 24 heavy (non-hydrogen) atoms. The summed E-state index contributed by atoms with van der Waals surface area (Å²) in [7, 11) is 0. The summed E-state index contributed by atoms with van der Waals surface area (Å²) < 4.78 is 13.1. The van der Waals surface area contributed by atoms with Gasteiger partial charge in [-0.15, -0.1) is 0 Å². The summed E-state index contributed by atoms with van der Waals surface area (Å²) in [5.74, 6) is -0.838. The second kappa shape index (κ2) is 7.08. The van der Waals surface area contributed by atoms with E-state index in [-0.39, 0.29) is 23.7 Å². The van der Waals surface area contributed by atoms with Crippen molar-refractivity contribution in [2.45, 2.75) is 18.9 Å². The quantitative estimate of drug-likeness (QED) is 0.829. The van der Waals surface area contributed by atoms with Crippen molar-refractivity contribution in [1.29, 1.82) is 0 Å². The maximum Gasteiger partial charge on any atom is 0.251 e. The molecule has 2 N–H and O–H groups in total. The number of carbonyl (C=O) groups is 2. The molecule has 2 amide bonds. The van der Waals surface area contributed by atoms with Gasteiger partial charge in [0, 0.05) is 23.4 Å². The standard InChI is InChI=1S/C19H17FN2O2/c20-15-5-1-3-13(11-15)7-10-18(23)21-17-6-2-4-14(12-17)19(24)22-16-8-9-16/h1-7,10-12,16H,8-9H2,(H,21,23)(H,22,24)/b10-7+. The van der Waals surface area contributed by atoms with Crippen LogP contribution in [0.4, 0.5) is 10.1 Å². The predicted molar refractivity (Wildman–Crippen MR) is 91.0 cm³/mol. The van der Waals surface area contributed by atoms with Gasteiger partial charge in [0.05, 0.1) is 0 Å². The third-order valence-electron chi connectivity index (χ3n) is 3.58. The van der Waals surface area contributed by atoms with Crippen molar-refractivity contribution >= 4 is 23.6 Å². The van der Waals surface area contributed by atoms with Crippen molar-refractivity contribution in [3.05, 3.63) is 71.6 Å².